The third-order valence-corrected chi connectivity index (χ3v) is 5.65. The van der Waals surface area contributed by atoms with E-state index in [9.17, 15) is 4.21 Å². The van der Waals surface area contributed by atoms with Gasteiger partial charge in [-0.05, 0) is 48.2 Å². The second kappa shape index (κ2) is 4.22. The molecule has 0 radical (unpaired) electrons. The highest BCUT2D eigenvalue weighted by atomic mass is 35.5. The molecule has 1 nitrogen and oxygen atoms in total. The Balaban J connectivity index is 2.32. The van der Waals surface area contributed by atoms with Gasteiger partial charge >= 0.3 is 0 Å². The van der Waals surface area contributed by atoms with E-state index in [-0.39, 0.29) is 0 Å². The SMILES string of the molecule is Cc1cc(Cl)c2c(c1C)Cc1ccccc1S2=O. The van der Waals surface area contributed by atoms with E-state index < -0.39 is 10.8 Å². The Kier molecular flexibility index (Phi) is 2.80. The van der Waals surface area contributed by atoms with Crippen LogP contribution in [0.1, 0.15) is 22.3 Å². The van der Waals surface area contributed by atoms with Crippen molar-refractivity contribution in [1.29, 1.82) is 0 Å². The summed E-state index contributed by atoms with van der Waals surface area (Å²) >= 11 is 6.29. The Morgan fingerprint density at radius 2 is 1.94 bits per heavy atom. The van der Waals surface area contributed by atoms with Crippen molar-refractivity contribution in [3.63, 3.8) is 0 Å². The molecule has 1 aliphatic rings. The average molecular weight is 277 g/mol. The van der Waals surface area contributed by atoms with Gasteiger partial charge in [0.15, 0.2) is 0 Å². The minimum atomic E-state index is -1.15. The maximum atomic E-state index is 12.6. The van der Waals surface area contributed by atoms with Crippen molar-refractivity contribution in [2.24, 2.45) is 0 Å². The van der Waals surface area contributed by atoms with Gasteiger partial charge in [-0.2, -0.15) is 0 Å². The summed E-state index contributed by atoms with van der Waals surface area (Å²) in [5.41, 5.74) is 4.65. The van der Waals surface area contributed by atoms with Gasteiger partial charge in [-0.25, -0.2) is 4.21 Å². The first-order valence-electron chi connectivity index (χ1n) is 5.88. The molecule has 1 unspecified atom stereocenters. The molecular weight excluding hydrogens is 264 g/mol. The lowest BCUT2D eigenvalue weighted by molar-refractivity contribution is 0.679. The van der Waals surface area contributed by atoms with E-state index in [1.54, 1.807) is 0 Å². The second-order valence-electron chi connectivity index (χ2n) is 4.66. The molecule has 0 saturated heterocycles. The van der Waals surface area contributed by atoms with E-state index >= 15 is 0 Å². The number of fused-ring (bicyclic) bond motifs is 2. The van der Waals surface area contributed by atoms with E-state index in [0.717, 1.165) is 32.9 Å². The molecule has 0 fully saturated rings. The molecule has 2 aromatic carbocycles. The van der Waals surface area contributed by atoms with Crippen LogP contribution in [-0.4, -0.2) is 4.21 Å². The molecule has 0 bridgehead atoms. The third kappa shape index (κ3) is 1.63. The van der Waals surface area contributed by atoms with E-state index in [0.29, 0.717) is 5.02 Å². The molecule has 0 N–H and O–H groups in total. The molecule has 2 aromatic rings. The number of benzene rings is 2. The van der Waals surface area contributed by atoms with Crippen LogP contribution < -0.4 is 0 Å². The molecule has 18 heavy (non-hydrogen) atoms. The van der Waals surface area contributed by atoms with E-state index in [4.69, 9.17) is 11.6 Å². The van der Waals surface area contributed by atoms with E-state index in [1.807, 2.05) is 37.3 Å². The zero-order valence-electron chi connectivity index (χ0n) is 10.3. The summed E-state index contributed by atoms with van der Waals surface area (Å²) in [6.07, 6.45) is 0.824. The second-order valence-corrected chi connectivity index (χ2v) is 6.45. The zero-order valence-corrected chi connectivity index (χ0v) is 11.9. The van der Waals surface area contributed by atoms with Gasteiger partial charge in [0, 0.05) is 11.3 Å². The first-order chi connectivity index (χ1) is 8.59. The monoisotopic (exact) mass is 276 g/mol. The van der Waals surface area contributed by atoms with Crippen molar-refractivity contribution in [2.75, 3.05) is 0 Å². The number of hydrogen-bond donors (Lipinski definition) is 0. The van der Waals surface area contributed by atoms with Gasteiger partial charge in [0.2, 0.25) is 0 Å². The summed E-state index contributed by atoms with van der Waals surface area (Å²) in [6, 6.07) is 9.82. The predicted molar refractivity (Wildman–Crippen MR) is 74.8 cm³/mol. The summed E-state index contributed by atoms with van der Waals surface area (Å²) in [4.78, 5) is 1.70. The molecule has 3 heteroatoms. The Morgan fingerprint density at radius 3 is 2.72 bits per heavy atom. The normalized spacial score (nSPS) is 17.2. The molecule has 3 rings (SSSR count). The van der Waals surface area contributed by atoms with Crippen molar-refractivity contribution < 1.29 is 4.21 Å². The summed E-state index contributed by atoms with van der Waals surface area (Å²) in [5, 5.41) is 0.626. The van der Waals surface area contributed by atoms with Crippen molar-refractivity contribution in [3.8, 4) is 0 Å². The number of hydrogen-bond acceptors (Lipinski definition) is 1. The number of halogens is 1. The number of aryl methyl sites for hydroxylation is 1. The standard InChI is InChI=1S/C15H13ClOS/c1-9-7-13(16)15-12(10(9)2)8-11-5-3-4-6-14(11)18(15)17/h3-7H,8H2,1-2H3. The summed E-state index contributed by atoms with van der Waals surface area (Å²) < 4.78 is 12.6. The van der Waals surface area contributed by atoms with Crippen molar-refractivity contribution >= 4 is 22.4 Å². The van der Waals surface area contributed by atoms with Gasteiger partial charge in [0.25, 0.3) is 0 Å². The highest BCUT2D eigenvalue weighted by Crippen LogP contribution is 2.38. The lowest BCUT2D eigenvalue weighted by Crippen LogP contribution is -2.12. The van der Waals surface area contributed by atoms with Crippen LogP contribution in [0.5, 0.6) is 0 Å². The molecule has 0 amide bonds. The van der Waals surface area contributed by atoms with Gasteiger partial charge in [0.1, 0.15) is 0 Å². The van der Waals surface area contributed by atoms with Crippen LogP contribution in [0.3, 0.4) is 0 Å². The van der Waals surface area contributed by atoms with E-state index in [1.165, 1.54) is 5.56 Å². The quantitative estimate of drug-likeness (QED) is 0.606. The van der Waals surface area contributed by atoms with Crippen LogP contribution in [-0.2, 0) is 17.2 Å². The maximum Gasteiger partial charge on any atom is 0.0870 e. The van der Waals surface area contributed by atoms with Gasteiger partial charge in [-0.1, -0.05) is 29.8 Å². The lowest BCUT2D eigenvalue weighted by Gasteiger charge is -2.22. The molecule has 1 atom stereocenters. The maximum absolute atomic E-state index is 12.6. The molecule has 1 aliphatic heterocycles. The topological polar surface area (TPSA) is 17.1 Å². The molecular formula is C15H13ClOS. The summed E-state index contributed by atoms with van der Waals surface area (Å²) in [6.45, 7) is 4.13. The molecule has 0 aromatic heterocycles. The molecule has 92 valence electrons. The van der Waals surface area contributed by atoms with Crippen LogP contribution in [0.4, 0.5) is 0 Å². The first-order valence-corrected chi connectivity index (χ1v) is 7.40. The van der Waals surface area contributed by atoms with Crippen molar-refractivity contribution in [1.82, 2.24) is 0 Å². The summed E-state index contributed by atoms with van der Waals surface area (Å²) in [7, 11) is -1.15. The van der Waals surface area contributed by atoms with Crippen LogP contribution in [0.15, 0.2) is 40.1 Å². The van der Waals surface area contributed by atoms with E-state index in [2.05, 4.69) is 6.92 Å². The molecule has 0 aliphatic carbocycles. The van der Waals surface area contributed by atoms with Gasteiger partial charge in [-0.3, -0.25) is 0 Å². The Labute approximate surface area is 114 Å². The summed E-state index contributed by atoms with van der Waals surface area (Å²) in [5.74, 6) is 0. The van der Waals surface area contributed by atoms with Crippen LogP contribution in [0.25, 0.3) is 0 Å². The van der Waals surface area contributed by atoms with Crippen LogP contribution in [0, 0.1) is 13.8 Å². The van der Waals surface area contributed by atoms with Crippen molar-refractivity contribution in [3.05, 3.63) is 57.6 Å². The largest absolute Gasteiger partial charge is 0.249 e. The smallest absolute Gasteiger partial charge is 0.0870 e. The molecule has 1 heterocycles. The Morgan fingerprint density at radius 1 is 1.22 bits per heavy atom. The fraction of sp³-hybridized carbons (Fsp3) is 0.200. The molecule has 0 spiro atoms. The predicted octanol–water partition coefficient (Wildman–Crippen LogP) is 4.03. The zero-order chi connectivity index (χ0) is 12.9. The van der Waals surface area contributed by atoms with Crippen LogP contribution >= 0.6 is 11.6 Å². The average Bonchev–Trinajstić information content (AvgIpc) is 2.36. The third-order valence-electron chi connectivity index (χ3n) is 3.60. The van der Waals surface area contributed by atoms with Gasteiger partial charge < -0.3 is 0 Å². The fourth-order valence-electron chi connectivity index (χ4n) is 2.46. The fourth-order valence-corrected chi connectivity index (χ4v) is 4.43. The van der Waals surface area contributed by atoms with Gasteiger partial charge in [0.05, 0.1) is 20.7 Å². The minimum Gasteiger partial charge on any atom is -0.249 e. The first kappa shape index (κ1) is 11.9. The van der Waals surface area contributed by atoms with Gasteiger partial charge in [-0.15, -0.1) is 0 Å². The Bertz CT molecular complexity index is 676. The highest BCUT2D eigenvalue weighted by Gasteiger charge is 2.26. The van der Waals surface area contributed by atoms with Crippen LogP contribution in [0.2, 0.25) is 5.02 Å². The highest BCUT2D eigenvalue weighted by molar-refractivity contribution is 7.85. The minimum absolute atomic E-state index is 0.626. The van der Waals surface area contributed by atoms with Crippen molar-refractivity contribution in [2.45, 2.75) is 30.1 Å². The Hall–Kier alpha value is -1.12. The number of rotatable bonds is 0. The lowest BCUT2D eigenvalue weighted by atomic mass is 9.96. The molecule has 0 saturated carbocycles.